The van der Waals surface area contributed by atoms with Crippen LogP contribution in [-0.4, -0.2) is 30.2 Å². The van der Waals surface area contributed by atoms with Crippen LogP contribution in [0, 0.1) is 5.92 Å². The van der Waals surface area contributed by atoms with Gasteiger partial charge in [-0.25, -0.2) is 4.39 Å². The van der Waals surface area contributed by atoms with E-state index in [1.165, 1.54) is 19.3 Å². The molecule has 0 amide bonds. The van der Waals surface area contributed by atoms with Crippen LogP contribution in [0.15, 0.2) is 11.6 Å². The minimum Gasteiger partial charge on any atom is -0.294 e. The Kier molecular flexibility index (Phi) is 3.45. The predicted molar refractivity (Wildman–Crippen MR) is 61.6 cm³/mol. The lowest BCUT2D eigenvalue weighted by molar-refractivity contribution is 0.246. The van der Waals surface area contributed by atoms with Crippen molar-refractivity contribution in [2.75, 3.05) is 13.1 Å². The Bertz CT molecular complexity index is 247. The van der Waals surface area contributed by atoms with Crippen molar-refractivity contribution in [3.63, 3.8) is 0 Å². The summed E-state index contributed by atoms with van der Waals surface area (Å²) in [6.07, 6.45) is 6.32. The number of nitrogens with zero attached hydrogens (tertiary/aromatic N) is 1. The largest absolute Gasteiger partial charge is 0.294 e. The molecule has 86 valence electrons. The zero-order chi connectivity index (χ0) is 10.8. The van der Waals surface area contributed by atoms with E-state index >= 15 is 0 Å². The number of rotatable bonds is 2. The van der Waals surface area contributed by atoms with E-state index in [1.807, 2.05) is 0 Å². The zero-order valence-electron chi connectivity index (χ0n) is 9.88. The first kappa shape index (κ1) is 11.1. The zero-order valence-corrected chi connectivity index (χ0v) is 9.88. The van der Waals surface area contributed by atoms with Gasteiger partial charge in [0.15, 0.2) is 0 Å². The Hall–Kier alpha value is -0.370. The van der Waals surface area contributed by atoms with Gasteiger partial charge in [0.05, 0.1) is 0 Å². The molecule has 0 N–H and O–H groups in total. The van der Waals surface area contributed by atoms with Gasteiger partial charge < -0.3 is 0 Å². The van der Waals surface area contributed by atoms with Gasteiger partial charge in [-0.15, -0.1) is 0 Å². The SMILES string of the molecule is CC(C)/C=C1\CCCC1N1CCC(F)C1. The van der Waals surface area contributed by atoms with E-state index in [1.54, 1.807) is 5.57 Å². The third-order valence-corrected chi connectivity index (χ3v) is 3.52. The van der Waals surface area contributed by atoms with Crippen molar-refractivity contribution in [1.29, 1.82) is 0 Å². The van der Waals surface area contributed by atoms with Gasteiger partial charge in [0.25, 0.3) is 0 Å². The molecule has 2 fully saturated rings. The number of alkyl halides is 1. The fourth-order valence-corrected chi connectivity index (χ4v) is 2.92. The van der Waals surface area contributed by atoms with Gasteiger partial charge in [-0.2, -0.15) is 0 Å². The van der Waals surface area contributed by atoms with E-state index in [0.29, 0.717) is 18.5 Å². The first-order chi connectivity index (χ1) is 7.16. The number of likely N-dealkylation sites (tertiary alicyclic amines) is 1. The van der Waals surface area contributed by atoms with Crippen molar-refractivity contribution < 1.29 is 4.39 Å². The smallest absolute Gasteiger partial charge is 0.114 e. The van der Waals surface area contributed by atoms with Crippen LogP contribution in [0.1, 0.15) is 39.5 Å². The lowest BCUT2D eigenvalue weighted by Gasteiger charge is -2.25. The maximum absolute atomic E-state index is 13.2. The molecule has 0 aromatic rings. The second-order valence-corrected chi connectivity index (χ2v) is 5.27. The van der Waals surface area contributed by atoms with Crippen molar-refractivity contribution in [2.24, 2.45) is 5.92 Å². The fourth-order valence-electron chi connectivity index (χ4n) is 2.92. The maximum Gasteiger partial charge on any atom is 0.114 e. The molecule has 0 aromatic heterocycles. The topological polar surface area (TPSA) is 3.24 Å². The summed E-state index contributed by atoms with van der Waals surface area (Å²) in [4.78, 5) is 2.35. The van der Waals surface area contributed by atoms with Crippen LogP contribution in [0.3, 0.4) is 0 Å². The fraction of sp³-hybridized carbons (Fsp3) is 0.846. The molecule has 1 saturated carbocycles. The summed E-state index contributed by atoms with van der Waals surface area (Å²) in [6.45, 7) is 6.08. The average Bonchev–Trinajstić information content (AvgIpc) is 2.72. The van der Waals surface area contributed by atoms with Crippen molar-refractivity contribution in [3.8, 4) is 0 Å². The minimum absolute atomic E-state index is 0.563. The van der Waals surface area contributed by atoms with Crippen LogP contribution < -0.4 is 0 Å². The van der Waals surface area contributed by atoms with Crippen molar-refractivity contribution in [1.82, 2.24) is 4.90 Å². The Morgan fingerprint density at radius 3 is 2.80 bits per heavy atom. The summed E-state index contributed by atoms with van der Waals surface area (Å²) in [5, 5.41) is 0. The highest BCUT2D eigenvalue weighted by atomic mass is 19.1. The standard InChI is InChI=1S/C13H22FN/c1-10(2)8-11-4-3-5-13(11)15-7-6-12(14)9-15/h8,10,12-13H,3-7,9H2,1-2H3/b11-8+. The molecule has 0 radical (unpaired) electrons. The van der Waals surface area contributed by atoms with E-state index in [9.17, 15) is 4.39 Å². The molecule has 2 rings (SSSR count). The number of allylic oxidation sites excluding steroid dienone is 1. The highest BCUT2D eigenvalue weighted by molar-refractivity contribution is 5.17. The van der Waals surface area contributed by atoms with E-state index < -0.39 is 6.17 Å². The molecule has 2 unspecified atom stereocenters. The lowest BCUT2D eigenvalue weighted by atomic mass is 10.0. The van der Waals surface area contributed by atoms with Gasteiger partial charge in [-0.1, -0.05) is 25.5 Å². The Morgan fingerprint density at radius 1 is 1.40 bits per heavy atom. The van der Waals surface area contributed by atoms with E-state index in [2.05, 4.69) is 24.8 Å². The molecule has 1 aliphatic heterocycles. The van der Waals surface area contributed by atoms with E-state index in [0.717, 1.165) is 13.0 Å². The first-order valence-electron chi connectivity index (χ1n) is 6.25. The highest BCUT2D eigenvalue weighted by Crippen LogP contribution is 2.32. The molecule has 0 spiro atoms. The van der Waals surface area contributed by atoms with Crippen LogP contribution >= 0.6 is 0 Å². The summed E-state index contributed by atoms with van der Waals surface area (Å²) >= 11 is 0. The third kappa shape index (κ3) is 2.60. The van der Waals surface area contributed by atoms with Gasteiger partial charge in [0, 0.05) is 19.1 Å². The molecule has 0 aromatic carbocycles. The van der Waals surface area contributed by atoms with Gasteiger partial charge in [-0.05, 0) is 31.6 Å². The normalized spacial score (nSPS) is 35.9. The second-order valence-electron chi connectivity index (χ2n) is 5.27. The van der Waals surface area contributed by atoms with Gasteiger partial charge in [-0.3, -0.25) is 4.90 Å². The molecule has 0 bridgehead atoms. The monoisotopic (exact) mass is 211 g/mol. The minimum atomic E-state index is -0.578. The van der Waals surface area contributed by atoms with Crippen LogP contribution in [0.25, 0.3) is 0 Å². The summed E-state index contributed by atoms with van der Waals surface area (Å²) in [5.41, 5.74) is 1.57. The number of hydrogen-bond donors (Lipinski definition) is 0. The summed E-state index contributed by atoms with van der Waals surface area (Å²) in [5.74, 6) is 0.629. The lowest BCUT2D eigenvalue weighted by Crippen LogP contribution is -2.32. The molecule has 2 heteroatoms. The number of halogens is 1. The van der Waals surface area contributed by atoms with Crippen molar-refractivity contribution in [3.05, 3.63) is 11.6 Å². The van der Waals surface area contributed by atoms with Crippen LogP contribution in [0.5, 0.6) is 0 Å². The molecule has 1 saturated heterocycles. The molecular weight excluding hydrogens is 189 g/mol. The third-order valence-electron chi connectivity index (χ3n) is 3.52. The Balaban J connectivity index is 2.01. The van der Waals surface area contributed by atoms with Crippen LogP contribution in [0.4, 0.5) is 4.39 Å². The van der Waals surface area contributed by atoms with Crippen LogP contribution in [0.2, 0.25) is 0 Å². The molecule has 1 heterocycles. The van der Waals surface area contributed by atoms with Gasteiger partial charge in [0.1, 0.15) is 6.17 Å². The second kappa shape index (κ2) is 4.65. The first-order valence-corrected chi connectivity index (χ1v) is 6.25. The molecule has 1 aliphatic carbocycles. The molecular formula is C13H22FN. The van der Waals surface area contributed by atoms with E-state index in [-0.39, 0.29) is 0 Å². The molecule has 2 atom stereocenters. The maximum atomic E-state index is 13.2. The summed E-state index contributed by atoms with van der Waals surface area (Å²) in [6, 6.07) is 0.563. The molecule has 1 nitrogen and oxygen atoms in total. The summed E-state index contributed by atoms with van der Waals surface area (Å²) in [7, 11) is 0. The van der Waals surface area contributed by atoms with Crippen molar-refractivity contribution >= 4 is 0 Å². The highest BCUT2D eigenvalue weighted by Gasteiger charge is 2.32. The molecule has 15 heavy (non-hydrogen) atoms. The Labute approximate surface area is 92.3 Å². The van der Waals surface area contributed by atoms with Crippen LogP contribution in [-0.2, 0) is 0 Å². The molecule has 2 aliphatic rings. The van der Waals surface area contributed by atoms with Crippen molar-refractivity contribution in [2.45, 2.75) is 51.7 Å². The average molecular weight is 211 g/mol. The summed E-state index contributed by atoms with van der Waals surface area (Å²) < 4.78 is 13.2. The van der Waals surface area contributed by atoms with E-state index in [4.69, 9.17) is 0 Å². The quantitative estimate of drug-likeness (QED) is 0.634. The predicted octanol–water partition coefficient (Wildman–Crippen LogP) is 3.17. The van der Waals surface area contributed by atoms with Gasteiger partial charge in [0.2, 0.25) is 0 Å². The van der Waals surface area contributed by atoms with Gasteiger partial charge >= 0.3 is 0 Å². The number of hydrogen-bond acceptors (Lipinski definition) is 1. The Morgan fingerprint density at radius 2 is 2.20 bits per heavy atom.